The van der Waals surface area contributed by atoms with Gasteiger partial charge in [-0.3, -0.25) is 0 Å². The van der Waals surface area contributed by atoms with Gasteiger partial charge in [0.25, 0.3) is 0 Å². The zero-order valence-electron chi connectivity index (χ0n) is 15.2. The molecule has 0 spiro atoms. The first-order valence-electron chi connectivity index (χ1n) is 9.11. The molecule has 0 aromatic heterocycles. The molecule has 2 unspecified atom stereocenters. The molecule has 0 N–H and O–H groups in total. The standard InChI is InChI=1S/C20H26NO4/c1-4-9-20(24-10-11-25-20)21(2)18-8-6-14-5-7-15(23-3)12-16(14)17(18)13-19(21)22/h5,7-8,12,17H,4,6,9-11,13H2,1-3H3/q+1. The third-order valence-corrected chi connectivity index (χ3v) is 6.00. The van der Waals surface area contributed by atoms with Crippen LogP contribution in [-0.4, -0.2) is 43.7 Å². The number of carbonyl (C=O) groups excluding carboxylic acids is 1. The SMILES string of the molecule is CCCC1([N+]2(C)C(=O)CC3C2=CCc2ccc(OC)cc23)OCCO1. The number of hydrogen-bond acceptors (Lipinski definition) is 4. The van der Waals surface area contributed by atoms with E-state index in [9.17, 15) is 4.79 Å². The molecule has 1 aliphatic carbocycles. The van der Waals surface area contributed by atoms with E-state index in [4.69, 9.17) is 14.2 Å². The van der Waals surface area contributed by atoms with Crippen molar-refractivity contribution in [2.45, 2.75) is 44.4 Å². The van der Waals surface area contributed by atoms with Crippen molar-refractivity contribution in [3.63, 3.8) is 0 Å². The molecule has 2 aliphatic heterocycles. The molecule has 1 aromatic rings. The lowest BCUT2D eigenvalue weighted by molar-refractivity contribution is -0.908. The maximum Gasteiger partial charge on any atom is 0.330 e. The number of likely N-dealkylation sites (tertiary alicyclic amines) is 1. The molecule has 4 rings (SSSR count). The lowest BCUT2D eigenvalue weighted by Crippen LogP contribution is -2.63. The normalized spacial score (nSPS) is 30.0. The van der Waals surface area contributed by atoms with Crippen LogP contribution in [0, 0.1) is 0 Å². The van der Waals surface area contributed by atoms with Gasteiger partial charge in [-0.25, -0.2) is 4.79 Å². The van der Waals surface area contributed by atoms with Gasteiger partial charge >= 0.3 is 11.8 Å². The van der Waals surface area contributed by atoms with Gasteiger partial charge in [0.1, 0.15) is 11.4 Å². The molecule has 2 fully saturated rings. The van der Waals surface area contributed by atoms with Crippen LogP contribution in [0.25, 0.3) is 0 Å². The minimum atomic E-state index is -0.872. The predicted molar refractivity (Wildman–Crippen MR) is 92.9 cm³/mol. The largest absolute Gasteiger partial charge is 0.497 e. The predicted octanol–water partition coefficient (Wildman–Crippen LogP) is 3.10. The lowest BCUT2D eigenvalue weighted by Gasteiger charge is -2.43. The number of allylic oxidation sites excluding steroid dienone is 2. The summed E-state index contributed by atoms with van der Waals surface area (Å²) < 4.78 is 17.7. The van der Waals surface area contributed by atoms with Crippen LogP contribution in [0.15, 0.2) is 30.0 Å². The molecule has 3 aliphatic rings. The van der Waals surface area contributed by atoms with Crippen molar-refractivity contribution < 1.29 is 23.5 Å². The Hall–Kier alpha value is -1.69. The Bertz CT molecular complexity index is 735. The number of likely N-dealkylation sites (N-methyl/N-ethyl adjacent to an activating group) is 1. The minimum absolute atomic E-state index is 0.0814. The van der Waals surface area contributed by atoms with Crippen LogP contribution >= 0.6 is 0 Å². The maximum atomic E-state index is 13.2. The fourth-order valence-corrected chi connectivity index (χ4v) is 4.71. The highest BCUT2D eigenvalue weighted by Gasteiger charge is 2.65. The monoisotopic (exact) mass is 344 g/mol. The molecule has 2 atom stereocenters. The second-order valence-corrected chi connectivity index (χ2v) is 7.21. The summed E-state index contributed by atoms with van der Waals surface area (Å²) in [6.45, 7) is 3.19. The second-order valence-electron chi connectivity index (χ2n) is 7.21. The summed E-state index contributed by atoms with van der Waals surface area (Å²) >= 11 is 0. The molecule has 2 saturated heterocycles. The number of nitrogens with zero attached hydrogens (tertiary/aromatic N) is 1. The Kier molecular flexibility index (Phi) is 3.98. The van der Waals surface area contributed by atoms with Crippen LogP contribution in [0.1, 0.15) is 43.2 Å². The fraction of sp³-hybridized carbons (Fsp3) is 0.550. The first-order chi connectivity index (χ1) is 12.1. The zero-order chi connectivity index (χ0) is 17.7. The van der Waals surface area contributed by atoms with Gasteiger partial charge in [0.2, 0.25) is 0 Å². The molecule has 0 saturated carbocycles. The molecule has 25 heavy (non-hydrogen) atoms. The quantitative estimate of drug-likeness (QED) is 0.788. The first kappa shape index (κ1) is 16.8. The number of carbonyl (C=O) groups is 1. The maximum absolute atomic E-state index is 13.2. The van der Waals surface area contributed by atoms with Crippen molar-refractivity contribution >= 4 is 5.91 Å². The summed E-state index contributed by atoms with van der Waals surface area (Å²) in [6, 6.07) is 6.18. The average molecular weight is 344 g/mol. The minimum Gasteiger partial charge on any atom is -0.497 e. The van der Waals surface area contributed by atoms with Crippen molar-refractivity contribution in [3.8, 4) is 5.75 Å². The van der Waals surface area contributed by atoms with E-state index in [1.165, 1.54) is 11.1 Å². The number of benzene rings is 1. The number of methoxy groups -OCH3 is 1. The first-order valence-corrected chi connectivity index (χ1v) is 9.11. The molecule has 0 radical (unpaired) electrons. The summed E-state index contributed by atoms with van der Waals surface area (Å²) in [5.74, 6) is 0.216. The highest BCUT2D eigenvalue weighted by molar-refractivity contribution is 5.76. The number of quaternary nitrogens is 1. The molecule has 2 heterocycles. The number of hydrogen-bond donors (Lipinski definition) is 0. The highest BCUT2D eigenvalue weighted by Crippen LogP contribution is 2.52. The lowest BCUT2D eigenvalue weighted by atomic mass is 9.84. The molecule has 5 nitrogen and oxygen atoms in total. The van der Waals surface area contributed by atoms with Crippen molar-refractivity contribution in [2.24, 2.45) is 0 Å². The van der Waals surface area contributed by atoms with Gasteiger partial charge < -0.3 is 14.2 Å². The van der Waals surface area contributed by atoms with E-state index in [0.717, 1.165) is 24.3 Å². The van der Waals surface area contributed by atoms with E-state index in [-0.39, 0.29) is 16.3 Å². The van der Waals surface area contributed by atoms with Gasteiger partial charge in [-0.15, -0.1) is 0 Å². The molecular formula is C20H26NO4+. The summed E-state index contributed by atoms with van der Waals surface area (Å²) in [4.78, 5) is 13.2. The third-order valence-electron chi connectivity index (χ3n) is 6.00. The zero-order valence-corrected chi connectivity index (χ0v) is 15.2. The van der Waals surface area contributed by atoms with Gasteiger partial charge in [0.05, 0.1) is 46.1 Å². The molecule has 1 aromatic carbocycles. The van der Waals surface area contributed by atoms with Crippen molar-refractivity contribution in [1.82, 2.24) is 0 Å². The Morgan fingerprint density at radius 2 is 2.08 bits per heavy atom. The Morgan fingerprint density at radius 1 is 1.32 bits per heavy atom. The molecule has 0 bridgehead atoms. The Morgan fingerprint density at radius 3 is 2.76 bits per heavy atom. The summed E-state index contributed by atoms with van der Waals surface area (Å²) in [6.07, 6.45) is 5.15. The smallest absolute Gasteiger partial charge is 0.330 e. The van der Waals surface area contributed by atoms with Crippen LogP contribution in [-0.2, 0) is 20.7 Å². The number of fused-ring (bicyclic) bond motifs is 3. The number of amides is 1. The van der Waals surface area contributed by atoms with E-state index in [1.54, 1.807) is 7.11 Å². The average Bonchev–Trinajstić information content (AvgIpc) is 3.20. The van der Waals surface area contributed by atoms with Gasteiger partial charge in [-0.1, -0.05) is 13.0 Å². The summed E-state index contributed by atoms with van der Waals surface area (Å²) in [7, 11) is 3.65. The molecule has 5 heteroatoms. The molecule has 134 valence electrons. The van der Waals surface area contributed by atoms with Crippen molar-refractivity contribution in [3.05, 3.63) is 41.1 Å². The van der Waals surface area contributed by atoms with Gasteiger partial charge in [-0.2, -0.15) is 4.48 Å². The van der Waals surface area contributed by atoms with E-state index in [1.807, 2.05) is 13.1 Å². The second kappa shape index (κ2) is 5.94. The van der Waals surface area contributed by atoms with Crippen molar-refractivity contribution in [1.29, 1.82) is 0 Å². The van der Waals surface area contributed by atoms with Crippen LogP contribution in [0.4, 0.5) is 0 Å². The van der Waals surface area contributed by atoms with E-state index in [2.05, 4.69) is 25.1 Å². The van der Waals surface area contributed by atoms with Gasteiger partial charge in [-0.05, 0) is 42.2 Å². The summed E-state index contributed by atoms with van der Waals surface area (Å²) in [5.41, 5.74) is 3.59. The van der Waals surface area contributed by atoms with Gasteiger partial charge in [0, 0.05) is 0 Å². The number of ether oxygens (including phenoxy) is 3. The topological polar surface area (TPSA) is 44.8 Å². The highest BCUT2D eigenvalue weighted by atomic mass is 16.8. The fourth-order valence-electron chi connectivity index (χ4n) is 4.71. The molecule has 1 amide bonds. The van der Waals surface area contributed by atoms with Crippen molar-refractivity contribution in [2.75, 3.05) is 27.4 Å². The Labute approximate surface area is 148 Å². The van der Waals surface area contributed by atoms with E-state index < -0.39 is 5.91 Å². The van der Waals surface area contributed by atoms with Crippen LogP contribution in [0.5, 0.6) is 5.75 Å². The third kappa shape index (κ3) is 2.23. The van der Waals surface area contributed by atoms with Crippen LogP contribution < -0.4 is 4.74 Å². The van der Waals surface area contributed by atoms with E-state index in [0.29, 0.717) is 26.1 Å². The van der Waals surface area contributed by atoms with Crippen LogP contribution in [0.2, 0.25) is 0 Å². The van der Waals surface area contributed by atoms with Crippen LogP contribution in [0.3, 0.4) is 0 Å². The molecular weight excluding hydrogens is 318 g/mol. The van der Waals surface area contributed by atoms with Gasteiger partial charge in [0.15, 0.2) is 0 Å². The number of rotatable bonds is 4. The Balaban J connectivity index is 1.80. The summed E-state index contributed by atoms with van der Waals surface area (Å²) in [5, 5.41) is 0. The van der Waals surface area contributed by atoms with E-state index >= 15 is 0 Å².